The van der Waals surface area contributed by atoms with Crippen molar-refractivity contribution in [3.63, 3.8) is 0 Å². The summed E-state index contributed by atoms with van der Waals surface area (Å²) in [5, 5.41) is 12.1. The second-order valence-corrected chi connectivity index (χ2v) is 4.11. The fraction of sp³-hybridized carbons (Fsp3) is 0.462. The molecule has 2 N–H and O–H groups in total. The Morgan fingerprint density at radius 1 is 1.31 bits per heavy atom. The van der Waals surface area contributed by atoms with E-state index in [1.807, 2.05) is 18.2 Å². The molecule has 0 aliphatic carbocycles. The first-order valence-corrected chi connectivity index (χ1v) is 5.62. The molecule has 3 nitrogen and oxygen atoms in total. The zero-order chi connectivity index (χ0) is 12.0. The molecule has 2 unspecified atom stereocenters. The summed E-state index contributed by atoms with van der Waals surface area (Å²) in [6, 6.07) is 10.4. The predicted octanol–water partition coefficient (Wildman–Crippen LogP) is 2.45. The van der Waals surface area contributed by atoms with Gasteiger partial charge in [0.15, 0.2) is 0 Å². The van der Waals surface area contributed by atoms with Gasteiger partial charge in [-0.2, -0.15) is 0 Å². The van der Waals surface area contributed by atoms with Crippen molar-refractivity contribution in [1.29, 1.82) is 0 Å². The van der Waals surface area contributed by atoms with Crippen LogP contribution in [0.4, 0.5) is 0 Å². The highest BCUT2D eigenvalue weighted by molar-refractivity contribution is 5.69. The molecule has 0 spiro atoms. The molecule has 0 radical (unpaired) electrons. The van der Waals surface area contributed by atoms with Crippen molar-refractivity contribution in [2.75, 3.05) is 6.54 Å². The van der Waals surface area contributed by atoms with Gasteiger partial charge in [-0.05, 0) is 25.5 Å². The monoisotopic (exact) mass is 221 g/mol. The van der Waals surface area contributed by atoms with E-state index < -0.39 is 5.97 Å². The molecule has 0 heterocycles. The number of carboxylic acid groups (broad SMARTS) is 1. The molecule has 0 saturated carbocycles. The molecule has 1 aromatic rings. The van der Waals surface area contributed by atoms with E-state index in [0.29, 0.717) is 6.42 Å². The first-order chi connectivity index (χ1) is 7.61. The van der Waals surface area contributed by atoms with Crippen LogP contribution in [0, 0.1) is 5.92 Å². The number of nitrogens with one attached hydrogen (secondary N) is 1. The van der Waals surface area contributed by atoms with Gasteiger partial charge in [-0.1, -0.05) is 37.3 Å². The highest BCUT2D eigenvalue weighted by Gasteiger charge is 2.11. The number of hydrogen-bond donors (Lipinski definition) is 2. The average molecular weight is 221 g/mol. The lowest BCUT2D eigenvalue weighted by Crippen LogP contribution is -2.23. The van der Waals surface area contributed by atoms with Gasteiger partial charge in [0.25, 0.3) is 0 Å². The summed E-state index contributed by atoms with van der Waals surface area (Å²) >= 11 is 0. The normalized spacial score (nSPS) is 14.4. The number of benzene rings is 1. The van der Waals surface area contributed by atoms with Crippen molar-refractivity contribution in [1.82, 2.24) is 5.32 Å². The van der Waals surface area contributed by atoms with Crippen molar-refractivity contribution in [2.24, 2.45) is 5.92 Å². The first kappa shape index (κ1) is 12.7. The third kappa shape index (κ3) is 4.03. The largest absolute Gasteiger partial charge is 0.481 e. The fourth-order valence-corrected chi connectivity index (χ4v) is 1.50. The summed E-state index contributed by atoms with van der Waals surface area (Å²) in [4.78, 5) is 10.6. The Kier molecular flexibility index (Phi) is 4.99. The van der Waals surface area contributed by atoms with Gasteiger partial charge in [-0.15, -0.1) is 0 Å². The van der Waals surface area contributed by atoms with Gasteiger partial charge in [0, 0.05) is 6.04 Å². The first-order valence-electron chi connectivity index (χ1n) is 5.62. The van der Waals surface area contributed by atoms with E-state index in [4.69, 9.17) is 5.11 Å². The molecule has 2 atom stereocenters. The zero-order valence-electron chi connectivity index (χ0n) is 9.81. The molecule has 0 saturated heterocycles. The zero-order valence-corrected chi connectivity index (χ0v) is 9.81. The molecule has 3 heteroatoms. The third-order valence-electron chi connectivity index (χ3n) is 2.75. The molecule has 1 aromatic carbocycles. The summed E-state index contributed by atoms with van der Waals surface area (Å²) in [5.74, 6) is -1.01. The lowest BCUT2D eigenvalue weighted by Gasteiger charge is -2.15. The summed E-state index contributed by atoms with van der Waals surface area (Å²) in [7, 11) is 0. The maximum atomic E-state index is 10.6. The van der Waals surface area contributed by atoms with E-state index in [-0.39, 0.29) is 12.0 Å². The van der Waals surface area contributed by atoms with Crippen LogP contribution in [0.3, 0.4) is 0 Å². The molecule has 0 amide bonds. The molecule has 1 rings (SSSR count). The fourth-order valence-electron chi connectivity index (χ4n) is 1.50. The van der Waals surface area contributed by atoms with Crippen LogP contribution in [0.25, 0.3) is 0 Å². The van der Waals surface area contributed by atoms with Crippen LogP contribution in [-0.4, -0.2) is 17.6 Å². The Morgan fingerprint density at radius 2 is 1.94 bits per heavy atom. The van der Waals surface area contributed by atoms with E-state index in [1.165, 1.54) is 5.56 Å². The SMILES string of the molecule is CC(CCNC(C)c1ccccc1)C(=O)O. The van der Waals surface area contributed by atoms with Gasteiger partial charge < -0.3 is 10.4 Å². The Bertz CT molecular complexity index is 324. The number of aliphatic carboxylic acids is 1. The summed E-state index contributed by atoms with van der Waals surface area (Å²) in [6.07, 6.45) is 0.659. The van der Waals surface area contributed by atoms with Gasteiger partial charge >= 0.3 is 5.97 Å². The van der Waals surface area contributed by atoms with Gasteiger partial charge in [0.1, 0.15) is 0 Å². The quantitative estimate of drug-likeness (QED) is 0.775. The average Bonchev–Trinajstić information content (AvgIpc) is 2.29. The second kappa shape index (κ2) is 6.28. The minimum absolute atomic E-state index is 0.266. The lowest BCUT2D eigenvalue weighted by molar-refractivity contribution is -0.141. The van der Waals surface area contributed by atoms with E-state index >= 15 is 0 Å². The van der Waals surface area contributed by atoms with E-state index in [1.54, 1.807) is 6.92 Å². The highest BCUT2D eigenvalue weighted by Crippen LogP contribution is 2.11. The molecule has 0 fully saturated rings. The van der Waals surface area contributed by atoms with Crippen molar-refractivity contribution < 1.29 is 9.90 Å². The van der Waals surface area contributed by atoms with Crippen molar-refractivity contribution in [3.8, 4) is 0 Å². The van der Waals surface area contributed by atoms with Gasteiger partial charge in [-0.25, -0.2) is 0 Å². The highest BCUT2D eigenvalue weighted by atomic mass is 16.4. The number of carbonyl (C=O) groups is 1. The number of hydrogen-bond acceptors (Lipinski definition) is 2. The third-order valence-corrected chi connectivity index (χ3v) is 2.75. The standard InChI is InChI=1S/C13H19NO2/c1-10(13(15)16)8-9-14-11(2)12-6-4-3-5-7-12/h3-7,10-11,14H,8-9H2,1-2H3,(H,15,16). The smallest absolute Gasteiger partial charge is 0.306 e. The van der Waals surface area contributed by atoms with Crippen LogP contribution in [0.5, 0.6) is 0 Å². The van der Waals surface area contributed by atoms with E-state index in [0.717, 1.165) is 6.54 Å². The minimum Gasteiger partial charge on any atom is -0.481 e. The van der Waals surface area contributed by atoms with E-state index in [2.05, 4.69) is 24.4 Å². The van der Waals surface area contributed by atoms with Crippen LogP contribution >= 0.6 is 0 Å². The van der Waals surface area contributed by atoms with Crippen LogP contribution in [0.15, 0.2) is 30.3 Å². The molecule has 16 heavy (non-hydrogen) atoms. The molecule has 0 aromatic heterocycles. The van der Waals surface area contributed by atoms with Crippen LogP contribution in [-0.2, 0) is 4.79 Å². The Labute approximate surface area is 96.5 Å². The maximum Gasteiger partial charge on any atom is 0.306 e. The second-order valence-electron chi connectivity index (χ2n) is 4.11. The summed E-state index contributed by atoms with van der Waals surface area (Å²) in [6.45, 7) is 4.54. The predicted molar refractivity (Wildman–Crippen MR) is 64.3 cm³/mol. The van der Waals surface area contributed by atoms with Crippen LogP contribution in [0.1, 0.15) is 31.9 Å². The number of rotatable bonds is 6. The molecule has 0 aliphatic heterocycles. The Hall–Kier alpha value is -1.35. The van der Waals surface area contributed by atoms with Crippen LogP contribution < -0.4 is 5.32 Å². The molecule has 0 bridgehead atoms. The molecular weight excluding hydrogens is 202 g/mol. The molecular formula is C13H19NO2. The van der Waals surface area contributed by atoms with Gasteiger partial charge in [-0.3, -0.25) is 4.79 Å². The van der Waals surface area contributed by atoms with Crippen molar-refractivity contribution in [2.45, 2.75) is 26.3 Å². The van der Waals surface area contributed by atoms with E-state index in [9.17, 15) is 4.79 Å². The Balaban J connectivity index is 2.31. The van der Waals surface area contributed by atoms with Crippen molar-refractivity contribution >= 4 is 5.97 Å². The maximum absolute atomic E-state index is 10.6. The molecule has 0 aliphatic rings. The summed E-state index contributed by atoms with van der Waals surface area (Å²) < 4.78 is 0. The van der Waals surface area contributed by atoms with Crippen molar-refractivity contribution in [3.05, 3.63) is 35.9 Å². The minimum atomic E-state index is -0.728. The summed E-state index contributed by atoms with van der Waals surface area (Å²) in [5.41, 5.74) is 1.23. The molecule has 88 valence electrons. The van der Waals surface area contributed by atoms with Crippen LogP contribution in [0.2, 0.25) is 0 Å². The number of carboxylic acids is 1. The van der Waals surface area contributed by atoms with Gasteiger partial charge in [0.05, 0.1) is 5.92 Å². The Morgan fingerprint density at radius 3 is 2.50 bits per heavy atom. The van der Waals surface area contributed by atoms with Gasteiger partial charge in [0.2, 0.25) is 0 Å². The topological polar surface area (TPSA) is 49.3 Å². The lowest BCUT2D eigenvalue weighted by atomic mass is 10.1.